The minimum atomic E-state index is -0.931. The third-order valence-corrected chi connectivity index (χ3v) is 8.01. The molecular weight excluding hydrogens is 572 g/mol. The van der Waals surface area contributed by atoms with Crippen LogP contribution in [0.2, 0.25) is 0 Å². The minimum absolute atomic E-state index is 0.375. The van der Waals surface area contributed by atoms with Crippen LogP contribution in [0.15, 0.2) is 73.1 Å². The van der Waals surface area contributed by atoms with Crippen LogP contribution in [0.4, 0.5) is 31.9 Å². The molecule has 1 saturated heterocycles. The first-order valence-electron chi connectivity index (χ1n) is 13.7. The predicted molar refractivity (Wildman–Crippen MR) is 163 cm³/mol. The molecule has 4 heterocycles. The zero-order valence-corrected chi connectivity index (χ0v) is 24.0. The fourth-order valence-corrected chi connectivity index (χ4v) is 5.65. The summed E-state index contributed by atoms with van der Waals surface area (Å²) in [7, 11) is 0. The number of amides is 1. The number of nitrogens with zero attached hydrogens (tertiary/aromatic N) is 5. The van der Waals surface area contributed by atoms with Gasteiger partial charge >= 0.3 is 0 Å². The lowest BCUT2D eigenvalue weighted by Crippen LogP contribution is -2.36. The lowest BCUT2D eigenvalue weighted by Gasteiger charge is -2.27. The Morgan fingerprint density at radius 3 is 2.51 bits per heavy atom. The number of anilines is 4. The summed E-state index contributed by atoms with van der Waals surface area (Å²) in [6, 6.07) is 16.0. The van der Waals surface area contributed by atoms with E-state index in [1.807, 2.05) is 31.2 Å². The zero-order chi connectivity index (χ0) is 29.8. The molecule has 43 heavy (non-hydrogen) atoms. The SMILES string of the molecule is CCc1nc(-c2cccc(NC(=O)c3c(F)cccc3F)c2)c(-c2ccnc(Nc3ccc(N4CCOCC4)nc3)n2)s1. The molecular formula is C31H27F2N7O2S. The fourth-order valence-electron chi connectivity index (χ4n) is 4.65. The maximum atomic E-state index is 14.2. The van der Waals surface area contributed by atoms with Gasteiger partial charge in [-0.2, -0.15) is 0 Å². The largest absolute Gasteiger partial charge is 0.378 e. The van der Waals surface area contributed by atoms with Crippen molar-refractivity contribution in [1.29, 1.82) is 0 Å². The average Bonchev–Trinajstić information content (AvgIpc) is 3.47. The molecule has 12 heteroatoms. The molecule has 218 valence electrons. The highest BCUT2D eigenvalue weighted by Crippen LogP contribution is 2.37. The van der Waals surface area contributed by atoms with Gasteiger partial charge in [0, 0.05) is 30.5 Å². The van der Waals surface area contributed by atoms with Gasteiger partial charge in [-0.15, -0.1) is 11.3 Å². The van der Waals surface area contributed by atoms with Gasteiger partial charge in [-0.1, -0.05) is 25.1 Å². The van der Waals surface area contributed by atoms with Gasteiger partial charge in [0.1, 0.15) is 23.0 Å². The summed E-state index contributed by atoms with van der Waals surface area (Å²) in [5.41, 5.74) is 2.56. The molecule has 0 spiro atoms. The van der Waals surface area contributed by atoms with Gasteiger partial charge in [-0.3, -0.25) is 4.79 Å². The van der Waals surface area contributed by atoms with E-state index < -0.39 is 23.1 Å². The van der Waals surface area contributed by atoms with Crippen LogP contribution in [0.25, 0.3) is 21.8 Å². The number of carbonyl (C=O) groups excluding carboxylic acids is 1. The van der Waals surface area contributed by atoms with E-state index in [1.165, 1.54) is 17.4 Å². The third kappa shape index (κ3) is 6.35. The Hall–Kier alpha value is -4.81. The Kier molecular flexibility index (Phi) is 8.29. The number of aryl methyl sites for hydroxylation is 1. The van der Waals surface area contributed by atoms with Gasteiger partial charge in [-0.05, 0) is 48.9 Å². The van der Waals surface area contributed by atoms with Gasteiger partial charge in [0.05, 0.1) is 46.4 Å². The van der Waals surface area contributed by atoms with Crippen molar-refractivity contribution in [2.45, 2.75) is 13.3 Å². The van der Waals surface area contributed by atoms with Crippen molar-refractivity contribution in [3.63, 3.8) is 0 Å². The third-order valence-electron chi connectivity index (χ3n) is 6.78. The number of ether oxygens (including phenoxy) is 1. The number of morpholine rings is 1. The lowest BCUT2D eigenvalue weighted by molar-refractivity contribution is 0.101. The lowest BCUT2D eigenvalue weighted by atomic mass is 10.1. The quantitative estimate of drug-likeness (QED) is 0.213. The maximum absolute atomic E-state index is 14.2. The molecule has 0 aliphatic carbocycles. The van der Waals surface area contributed by atoms with E-state index >= 15 is 0 Å². The number of hydrogen-bond donors (Lipinski definition) is 2. The number of hydrogen-bond acceptors (Lipinski definition) is 9. The summed E-state index contributed by atoms with van der Waals surface area (Å²) >= 11 is 1.52. The molecule has 2 aromatic carbocycles. The molecule has 1 amide bonds. The van der Waals surface area contributed by atoms with E-state index in [1.54, 1.807) is 30.6 Å². The Balaban J connectivity index is 1.25. The molecule has 3 aromatic heterocycles. The van der Waals surface area contributed by atoms with Gasteiger partial charge in [-0.25, -0.2) is 28.7 Å². The standard InChI is InChI=1S/C31H27F2N7O2S/c1-2-26-39-28(19-5-3-6-20(17-19)36-30(41)27-22(32)7-4-8-23(27)33)29(43-26)24-11-12-34-31(38-24)37-21-9-10-25(35-18-21)40-13-15-42-16-14-40/h3-12,17-18H,2,13-16H2,1H3,(H,36,41)(H,34,37,38). The smallest absolute Gasteiger partial charge is 0.261 e. The highest BCUT2D eigenvalue weighted by atomic mass is 32.1. The predicted octanol–water partition coefficient (Wildman–Crippen LogP) is 6.34. The normalized spacial score (nSPS) is 13.1. The van der Waals surface area contributed by atoms with Gasteiger partial charge in [0.2, 0.25) is 5.95 Å². The van der Waals surface area contributed by atoms with E-state index in [0.29, 0.717) is 41.8 Å². The molecule has 5 aromatic rings. The summed E-state index contributed by atoms with van der Waals surface area (Å²) in [5.74, 6) is -1.44. The number of aromatic nitrogens is 4. The minimum Gasteiger partial charge on any atom is -0.378 e. The topological polar surface area (TPSA) is 105 Å². The first-order chi connectivity index (χ1) is 21.0. The van der Waals surface area contributed by atoms with E-state index in [2.05, 4.69) is 25.5 Å². The van der Waals surface area contributed by atoms with Crippen molar-refractivity contribution >= 4 is 40.4 Å². The summed E-state index contributed by atoms with van der Waals surface area (Å²) in [6.45, 7) is 5.01. The van der Waals surface area contributed by atoms with Crippen LogP contribution in [-0.4, -0.2) is 52.1 Å². The molecule has 0 bridgehead atoms. The van der Waals surface area contributed by atoms with Gasteiger partial charge < -0.3 is 20.3 Å². The highest BCUT2D eigenvalue weighted by molar-refractivity contribution is 7.15. The second-order valence-electron chi connectivity index (χ2n) is 9.67. The van der Waals surface area contributed by atoms with Crippen LogP contribution in [0.1, 0.15) is 22.3 Å². The summed E-state index contributed by atoms with van der Waals surface area (Å²) in [6.07, 6.45) is 4.15. The van der Waals surface area contributed by atoms with Crippen LogP contribution < -0.4 is 15.5 Å². The average molecular weight is 600 g/mol. The zero-order valence-electron chi connectivity index (χ0n) is 23.2. The molecule has 9 nitrogen and oxygen atoms in total. The second-order valence-corrected chi connectivity index (χ2v) is 10.7. The maximum Gasteiger partial charge on any atom is 0.261 e. The Morgan fingerprint density at radius 1 is 0.977 bits per heavy atom. The van der Waals surface area contributed by atoms with E-state index in [9.17, 15) is 13.6 Å². The Labute approximate surface area is 250 Å². The van der Waals surface area contributed by atoms with Crippen molar-refractivity contribution in [2.75, 3.05) is 41.8 Å². The molecule has 0 saturated carbocycles. The number of benzene rings is 2. The molecule has 0 unspecified atom stereocenters. The molecule has 1 fully saturated rings. The van der Waals surface area contributed by atoms with Crippen molar-refractivity contribution in [3.8, 4) is 21.8 Å². The van der Waals surface area contributed by atoms with Crippen molar-refractivity contribution < 1.29 is 18.3 Å². The van der Waals surface area contributed by atoms with Crippen LogP contribution in [0.3, 0.4) is 0 Å². The van der Waals surface area contributed by atoms with Crippen LogP contribution in [0, 0.1) is 11.6 Å². The van der Waals surface area contributed by atoms with Gasteiger partial charge in [0.15, 0.2) is 0 Å². The number of pyridine rings is 1. The molecule has 0 atom stereocenters. The van der Waals surface area contributed by atoms with Crippen LogP contribution in [-0.2, 0) is 11.2 Å². The summed E-state index contributed by atoms with van der Waals surface area (Å²) in [5, 5.41) is 6.73. The fraction of sp³-hybridized carbons (Fsp3) is 0.194. The van der Waals surface area contributed by atoms with Crippen molar-refractivity contribution in [2.24, 2.45) is 0 Å². The number of carbonyl (C=O) groups is 1. The van der Waals surface area contributed by atoms with Crippen LogP contribution >= 0.6 is 11.3 Å². The number of halogens is 2. The van der Waals surface area contributed by atoms with E-state index in [-0.39, 0.29) is 0 Å². The monoisotopic (exact) mass is 599 g/mol. The van der Waals surface area contributed by atoms with Crippen molar-refractivity contribution in [3.05, 3.63) is 95.3 Å². The molecule has 2 N–H and O–H groups in total. The molecule has 0 radical (unpaired) electrons. The number of thiazole rings is 1. The Bertz CT molecular complexity index is 1740. The van der Waals surface area contributed by atoms with Crippen LogP contribution in [0.5, 0.6) is 0 Å². The Morgan fingerprint density at radius 2 is 1.77 bits per heavy atom. The summed E-state index contributed by atoms with van der Waals surface area (Å²) in [4.78, 5) is 34.2. The molecule has 6 rings (SSSR count). The first-order valence-corrected chi connectivity index (χ1v) is 14.5. The molecule has 1 aliphatic heterocycles. The number of nitrogens with one attached hydrogen (secondary N) is 2. The van der Waals surface area contributed by atoms with Gasteiger partial charge in [0.25, 0.3) is 5.91 Å². The number of rotatable bonds is 8. The summed E-state index contributed by atoms with van der Waals surface area (Å²) < 4.78 is 33.7. The highest BCUT2D eigenvalue weighted by Gasteiger charge is 2.20. The van der Waals surface area contributed by atoms with E-state index in [4.69, 9.17) is 14.7 Å². The first kappa shape index (κ1) is 28.3. The van der Waals surface area contributed by atoms with Crippen molar-refractivity contribution in [1.82, 2.24) is 19.9 Å². The molecule has 1 aliphatic rings. The second kappa shape index (κ2) is 12.6. The van der Waals surface area contributed by atoms with E-state index in [0.717, 1.165) is 53.0 Å².